The van der Waals surface area contributed by atoms with Crippen molar-refractivity contribution in [2.24, 2.45) is 5.73 Å². The van der Waals surface area contributed by atoms with Crippen molar-refractivity contribution >= 4 is 5.97 Å². The topological polar surface area (TPSA) is 63.3 Å². The van der Waals surface area contributed by atoms with Gasteiger partial charge in [-0.1, -0.05) is 31.2 Å². The van der Waals surface area contributed by atoms with Gasteiger partial charge in [0.05, 0.1) is 6.42 Å². The Hall–Kier alpha value is -1.35. The van der Waals surface area contributed by atoms with Crippen LogP contribution in [-0.4, -0.2) is 17.6 Å². The summed E-state index contributed by atoms with van der Waals surface area (Å²) in [7, 11) is 0. The van der Waals surface area contributed by atoms with Gasteiger partial charge in [0, 0.05) is 5.92 Å². The lowest BCUT2D eigenvalue weighted by Crippen LogP contribution is -2.16. The maximum Gasteiger partial charge on any atom is 0.304 e. The molecule has 0 aliphatic carbocycles. The molecule has 1 aromatic rings. The molecule has 0 aliphatic heterocycles. The van der Waals surface area contributed by atoms with E-state index in [1.165, 1.54) is 5.56 Å². The molecule has 3 N–H and O–H groups in total. The van der Waals surface area contributed by atoms with Crippen LogP contribution in [0.1, 0.15) is 30.4 Å². The molecule has 0 radical (unpaired) electrons. The minimum absolute atomic E-state index is 0.0750. The average molecular weight is 207 g/mol. The molecule has 0 saturated heterocycles. The quantitative estimate of drug-likeness (QED) is 0.773. The van der Waals surface area contributed by atoms with Gasteiger partial charge >= 0.3 is 5.97 Å². The summed E-state index contributed by atoms with van der Waals surface area (Å²) in [6, 6.07) is 7.98. The van der Waals surface area contributed by atoms with Crippen molar-refractivity contribution in [1.29, 1.82) is 0 Å². The number of rotatable bonds is 5. The highest BCUT2D eigenvalue weighted by atomic mass is 16.4. The maximum atomic E-state index is 10.6. The van der Waals surface area contributed by atoms with E-state index in [1.54, 1.807) is 0 Å². The Labute approximate surface area is 89.9 Å². The molecule has 3 nitrogen and oxygen atoms in total. The van der Waals surface area contributed by atoms with Crippen LogP contribution in [0.2, 0.25) is 0 Å². The van der Waals surface area contributed by atoms with Crippen molar-refractivity contribution in [3.8, 4) is 0 Å². The Morgan fingerprint density at radius 2 is 2.27 bits per heavy atom. The van der Waals surface area contributed by atoms with Gasteiger partial charge in [-0.25, -0.2) is 0 Å². The first-order valence-electron chi connectivity index (χ1n) is 5.18. The lowest BCUT2D eigenvalue weighted by Gasteiger charge is -2.13. The van der Waals surface area contributed by atoms with Gasteiger partial charge in [0.15, 0.2) is 0 Å². The number of nitrogens with two attached hydrogens (primary N) is 1. The first-order chi connectivity index (χ1) is 7.17. The monoisotopic (exact) mass is 207 g/mol. The number of hydrogen-bond donors (Lipinski definition) is 2. The van der Waals surface area contributed by atoms with Crippen LogP contribution in [0.5, 0.6) is 0 Å². The zero-order valence-electron chi connectivity index (χ0n) is 8.94. The van der Waals surface area contributed by atoms with Gasteiger partial charge < -0.3 is 10.8 Å². The molecule has 0 amide bonds. The van der Waals surface area contributed by atoms with Crippen molar-refractivity contribution in [3.05, 3.63) is 35.4 Å². The van der Waals surface area contributed by atoms with Gasteiger partial charge in [-0.2, -0.15) is 0 Å². The number of aryl methyl sites for hydroxylation is 1. The lowest BCUT2D eigenvalue weighted by molar-refractivity contribution is -0.137. The number of aliphatic carboxylic acids is 1. The van der Waals surface area contributed by atoms with E-state index in [9.17, 15) is 4.79 Å². The molecule has 15 heavy (non-hydrogen) atoms. The van der Waals surface area contributed by atoms with Gasteiger partial charge in [0.25, 0.3) is 0 Å². The normalized spacial score (nSPS) is 12.4. The third-order valence-corrected chi connectivity index (χ3v) is 2.54. The predicted octanol–water partition coefficient (Wildman–Crippen LogP) is 1.77. The van der Waals surface area contributed by atoms with E-state index < -0.39 is 5.97 Å². The molecule has 1 aromatic carbocycles. The highest BCUT2D eigenvalue weighted by Gasteiger charge is 2.13. The second-order valence-electron chi connectivity index (χ2n) is 3.63. The van der Waals surface area contributed by atoms with Crippen LogP contribution in [0.3, 0.4) is 0 Å². The summed E-state index contributed by atoms with van der Waals surface area (Å²) in [4.78, 5) is 10.6. The van der Waals surface area contributed by atoms with Crippen LogP contribution in [-0.2, 0) is 11.2 Å². The molecule has 82 valence electrons. The standard InChI is InChI=1S/C12H17NO2/c1-2-9-4-3-5-10(6-9)11(8-13)7-12(14)15/h3-6,11H,2,7-8,13H2,1H3,(H,14,15). The number of hydrogen-bond acceptors (Lipinski definition) is 2. The highest BCUT2D eigenvalue weighted by Crippen LogP contribution is 2.19. The summed E-state index contributed by atoms with van der Waals surface area (Å²) < 4.78 is 0. The Balaban J connectivity index is 2.85. The first-order valence-corrected chi connectivity index (χ1v) is 5.18. The minimum atomic E-state index is -0.799. The summed E-state index contributed by atoms with van der Waals surface area (Å²) in [5.74, 6) is -0.874. The lowest BCUT2D eigenvalue weighted by atomic mass is 9.94. The maximum absolute atomic E-state index is 10.6. The smallest absolute Gasteiger partial charge is 0.304 e. The second-order valence-corrected chi connectivity index (χ2v) is 3.63. The minimum Gasteiger partial charge on any atom is -0.481 e. The largest absolute Gasteiger partial charge is 0.481 e. The van der Waals surface area contributed by atoms with E-state index in [0.29, 0.717) is 6.54 Å². The van der Waals surface area contributed by atoms with Gasteiger partial charge in [-0.15, -0.1) is 0 Å². The van der Waals surface area contributed by atoms with Gasteiger partial charge in [-0.05, 0) is 24.1 Å². The first kappa shape index (κ1) is 11.7. The van der Waals surface area contributed by atoms with Crippen molar-refractivity contribution in [3.63, 3.8) is 0 Å². The summed E-state index contributed by atoms with van der Waals surface area (Å²) in [6.07, 6.45) is 1.06. The van der Waals surface area contributed by atoms with E-state index in [1.807, 2.05) is 24.3 Å². The van der Waals surface area contributed by atoms with E-state index in [2.05, 4.69) is 6.92 Å². The summed E-state index contributed by atoms with van der Waals surface area (Å²) >= 11 is 0. The van der Waals surface area contributed by atoms with Crippen LogP contribution in [0, 0.1) is 0 Å². The number of benzene rings is 1. The molecule has 0 heterocycles. The van der Waals surface area contributed by atoms with Crippen LogP contribution < -0.4 is 5.73 Å². The average Bonchev–Trinajstić information content (AvgIpc) is 2.25. The number of carboxylic acids is 1. The van der Waals surface area contributed by atoms with E-state index >= 15 is 0 Å². The molecule has 0 fully saturated rings. The molecule has 0 aromatic heterocycles. The Morgan fingerprint density at radius 3 is 2.80 bits per heavy atom. The molecule has 0 spiro atoms. The molecule has 0 bridgehead atoms. The van der Waals surface area contributed by atoms with Crippen LogP contribution in [0.4, 0.5) is 0 Å². The summed E-state index contributed by atoms with van der Waals surface area (Å²) in [5.41, 5.74) is 7.83. The molecule has 3 heteroatoms. The second kappa shape index (κ2) is 5.51. The molecular weight excluding hydrogens is 190 g/mol. The molecule has 0 saturated carbocycles. The van der Waals surface area contributed by atoms with Gasteiger partial charge in [0.1, 0.15) is 0 Å². The van der Waals surface area contributed by atoms with E-state index in [0.717, 1.165) is 12.0 Å². The fourth-order valence-corrected chi connectivity index (χ4v) is 1.62. The van der Waals surface area contributed by atoms with Crippen LogP contribution in [0.25, 0.3) is 0 Å². The Kier molecular flexibility index (Phi) is 4.31. The summed E-state index contributed by atoms with van der Waals surface area (Å²) in [5, 5.41) is 8.75. The predicted molar refractivity (Wildman–Crippen MR) is 59.9 cm³/mol. The van der Waals surface area contributed by atoms with Crippen LogP contribution >= 0.6 is 0 Å². The molecule has 1 rings (SSSR count). The Bertz CT molecular complexity index is 336. The van der Waals surface area contributed by atoms with Crippen molar-refractivity contribution in [2.75, 3.05) is 6.54 Å². The van der Waals surface area contributed by atoms with Gasteiger partial charge in [-0.3, -0.25) is 4.79 Å². The zero-order chi connectivity index (χ0) is 11.3. The zero-order valence-corrected chi connectivity index (χ0v) is 8.94. The fourth-order valence-electron chi connectivity index (χ4n) is 1.62. The van der Waals surface area contributed by atoms with Crippen molar-refractivity contribution < 1.29 is 9.90 Å². The number of carbonyl (C=O) groups is 1. The molecule has 1 atom stereocenters. The van der Waals surface area contributed by atoms with Crippen LogP contribution in [0.15, 0.2) is 24.3 Å². The molecular formula is C12H17NO2. The summed E-state index contributed by atoms with van der Waals surface area (Å²) in [6.45, 7) is 2.45. The van der Waals surface area contributed by atoms with Crippen molar-refractivity contribution in [2.45, 2.75) is 25.7 Å². The fraction of sp³-hybridized carbons (Fsp3) is 0.417. The van der Waals surface area contributed by atoms with Crippen molar-refractivity contribution in [1.82, 2.24) is 0 Å². The molecule has 1 unspecified atom stereocenters. The van der Waals surface area contributed by atoms with E-state index in [-0.39, 0.29) is 12.3 Å². The third-order valence-electron chi connectivity index (χ3n) is 2.54. The molecule has 0 aliphatic rings. The SMILES string of the molecule is CCc1cccc(C(CN)CC(=O)O)c1. The van der Waals surface area contributed by atoms with E-state index in [4.69, 9.17) is 10.8 Å². The number of carboxylic acid groups (broad SMARTS) is 1. The van der Waals surface area contributed by atoms with Gasteiger partial charge in [0.2, 0.25) is 0 Å². The third kappa shape index (κ3) is 3.36. The highest BCUT2D eigenvalue weighted by molar-refractivity contribution is 5.68. The Morgan fingerprint density at radius 1 is 1.53 bits per heavy atom.